The molecule has 5 rings (SSSR count). The van der Waals surface area contributed by atoms with E-state index in [1.807, 2.05) is 96.2 Å². The van der Waals surface area contributed by atoms with Gasteiger partial charge in [-0.25, -0.2) is 12.1 Å². The van der Waals surface area contributed by atoms with E-state index in [0.29, 0.717) is 0 Å². The number of halogens is 1. The fourth-order valence-corrected chi connectivity index (χ4v) is 3.21. The molecule has 0 atom stereocenters. The predicted molar refractivity (Wildman–Crippen MR) is 119 cm³/mol. The fraction of sp³-hybridized carbons (Fsp3) is 0. The Balaban J connectivity index is 0.000000352. The zero-order valence-electron chi connectivity index (χ0n) is 15.6. The van der Waals surface area contributed by atoms with Gasteiger partial charge >= 0.3 is 17.1 Å². The Morgan fingerprint density at radius 3 is 2.03 bits per heavy atom. The van der Waals surface area contributed by atoms with E-state index in [-0.39, 0.29) is 17.1 Å². The molecule has 0 spiro atoms. The molecule has 1 aliphatic heterocycles. The Morgan fingerprint density at radius 2 is 1.45 bits per heavy atom. The van der Waals surface area contributed by atoms with Crippen LogP contribution in [0, 0.1) is 0 Å². The summed E-state index contributed by atoms with van der Waals surface area (Å²) in [6.07, 6.45) is 10.2. The summed E-state index contributed by atoms with van der Waals surface area (Å²) in [4.78, 5) is 0. The molecule has 0 radical (unpaired) electrons. The van der Waals surface area contributed by atoms with Crippen LogP contribution >= 0.6 is 11.6 Å². The first-order valence-electron chi connectivity index (χ1n) is 9.11. The summed E-state index contributed by atoms with van der Waals surface area (Å²) in [6.45, 7) is 0. The van der Waals surface area contributed by atoms with Crippen molar-refractivity contribution in [3.8, 4) is 0 Å². The minimum absolute atomic E-state index is 0. The van der Waals surface area contributed by atoms with Gasteiger partial charge < -0.3 is 10.4 Å². The maximum absolute atomic E-state index is 6.02. The first-order chi connectivity index (χ1) is 13.8. The van der Waals surface area contributed by atoms with Gasteiger partial charge in [0.2, 0.25) is 0 Å². The normalized spacial score (nSPS) is 14.1. The van der Waals surface area contributed by atoms with E-state index in [1.54, 1.807) is 0 Å². The molecule has 0 saturated carbocycles. The summed E-state index contributed by atoms with van der Waals surface area (Å²) in [7, 11) is 0. The first-order valence-corrected chi connectivity index (χ1v) is 9.49. The van der Waals surface area contributed by atoms with E-state index >= 15 is 0 Å². The molecule has 2 nitrogen and oxygen atoms in total. The summed E-state index contributed by atoms with van der Waals surface area (Å²) in [5.41, 5.74) is 10.1. The first kappa shape index (κ1) is 20.9. The maximum atomic E-state index is 6.02. The molecule has 0 saturated heterocycles. The van der Waals surface area contributed by atoms with Gasteiger partial charge in [-0.2, -0.15) is 24.4 Å². The summed E-state index contributed by atoms with van der Waals surface area (Å²) in [5, 5.41) is 2.72. The van der Waals surface area contributed by atoms with Crippen LogP contribution in [0.15, 0.2) is 127 Å². The van der Waals surface area contributed by atoms with E-state index in [1.165, 1.54) is 0 Å². The second-order valence-electron chi connectivity index (χ2n) is 6.30. The van der Waals surface area contributed by atoms with Gasteiger partial charge in [0.05, 0.1) is 0 Å². The molecule has 2 aliphatic rings. The SMILES string of the molecule is Clc1ccc(C2=C[N-]N(c3ccccc3)C2=C2C=CC=C2)cc1.[Fe+2].c1cc[cH-]c1. The number of anilines is 1. The molecule has 0 aromatic heterocycles. The van der Waals surface area contributed by atoms with Crippen LogP contribution in [0.25, 0.3) is 11.0 Å². The molecule has 3 aromatic carbocycles. The second-order valence-corrected chi connectivity index (χ2v) is 6.73. The van der Waals surface area contributed by atoms with Crippen LogP contribution in [0.4, 0.5) is 5.69 Å². The van der Waals surface area contributed by atoms with Gasteiger partial charge in [0.1, 0.15) is 0 Å². The van der Waals surface area contributed by atoms with E-state index in [2.05, 4.69) is 29.7 Å². The van der Waals surface area contributed by atoms with E-state index in [4.69, 9.17) is 11.6 Å². The monoisotopic (exact) mass is 438 g/mol. The number of hydrogen-bond donors (Lipinski definition) is 0. The van der Waals surface area contributed by atoms with Gasteiger partial charge in [-0.3, -0.25) is 0 Å². The second kappa shape index (κ2) is 10.1. The van der Waals surface area contributed by atoms with Crippen LogP contribution in [0.5, 0.6) is 0 Å². The fourth-order valence-electron chi connectivity index (χ4n) is 3.08. The summed E-state index contributed by atoms with van der Waals surface area (Å²) in [5.74, 6) is 0. The minimum Gasteiger partial charge on any atom is -0.596 e. The van der Waals surface area contributed by atoms with Crippen molar-refractivity contribution in [2.75, 3.05) is 5.01 Å². The third-order valence-electron chi connectivity index (χ3n) is 4.42. The van der Waals surface area contributed by atoms with Gasteiger partial charge in [-0.05, 0) is 41.0 Å². The molecule has 1 aliphatic carbocycles. The van der Waals surface area contributed by atoms with Gasteiger partial charge in [0.25, 0.3) is 0 Å². The van der Waals surface area contributed by atoms with E-state index < -0.39 is 0 Å². The van der Waals surface area contributed by atoms with Crippen molar-refractivity contribution in [3.63, 3.8) is 0 Å². The third-order valence-corrected chi connectivity index (χ3v) is 4.67. The zero-order valence-corrected chi connectivity index (χ0v) is 17.5. The molecule has 0 unspecified atom stereocenters. The van der Waals surface area contributed by atoms with Crippen LogP contribution in [0.1, 0.15) is 5.56 Å². The maximum Gasteiger partial charge on any atom is 2.00 e. The van der Waals surface area contributed by atoms with Crippen molar-refractivity contribution in [1.82, 2.24) is 0 Å². The summed E-state index contributed by atoms with van der Waals surface area (Å²) < 4.78 is 0. The smallest absolute Gasteiger partial charge is 0.596 e. The van der Waals surface area contributed by atoms with Crippen molar-refractivity contribution in [2.24, 2.45) is 0 Å². The van der Waals surface area contributed by atoms with Crippen molar-refractivity contribution in [1.29, 1.82) is 0 Å². The number of hydrogen-bond acceptors (Lipinski definition) is 1. The van der Waals surface area contributed by atoms with Gasteiger partial charge in [-0.1, -0.05) is 66.2 Å². The average molecular weight is 439 g/mol. The Kier molecular flexibility index (Phi) is 7.26. The van der Waals surface area contributed by atoms with Gasteiger partial charge in [0.15, 0.2) is 0 Å². The summed E-state index contributed by atoms with van der Waals surface area (Å²) >= 11 is 6.02. The Labute approximate surface area is 187 Å². The van der Waals surface area contributed by atoms with Crippen molar-refractivity contribution < 1.29 is 17.1 Å². The average Bonchev–Trinajstić information content (AvgIpc) is 3.52. The number of nitrogens with zero attached hydrogens (tertiary/aromatic N) is 2. The van der Waals surface area contributed by atoms with Crippen molar-refractivity contribution in [2.45, 2.75) is 0 Å². The quantitative estimate of drug-likeness (QED) is 0.304. The molecular weight excluding hydrogens is 420 g/mol. The molecule has 1 heterocycles. The zero-order chi connectivity index (χ0) is 19.2. The molecule has 0 amide bonds. The largest absolute Gasteiger partial charge is 2.00 e. The topological polar surface area (TPSA) is 17.3 Å². The number of benzene rings is 2. The molecule has 0 fully saturated rings. The number of allylic oxidation sites excluding steroid dienone is 6. The predicted octanol–water partition coefficient (Wildman–Crippen LogP) is 7.27. The number of rotatable bonds is 2. The molecule has 29 heavy (non-hydrogen) atoms. The number of para-hydroxylation sites is 1. The molecule has 3 aromatic rings. The third kappa shape index (κ3) is 4.96. The van der Waals surface area contributed by atoms with Crippen molar-refractivity contribution in [3.05, 3.63) is 143 Å². The van der Waals surface area contributed by atoms with Gasteiger partial charge in [0, 0.05) is 16.4 Å². The van der Waals surface area contributed by atoms with E-state index in [0.717, 1.165) is 33.1 Å². The molecule has 4 heteroatoms. The van der Waals surface area contributed by atoms with Crippen LogP contribution in [0.3, 0.4) is 0 Å². The van der Waals surface area contributed by atoms with E-state index in [9.17, 15) is 0 Å². The Morgan fingerprint density at radius 1 is 0.793 bits per heavy atom. The van der Waals surface area contributed by atoms with Crippen molar-refractivity contribution >= 4 is 22.9 Å². The van der Waals surface area contributed by atoms with Gasteiger partial charge in [-0.15, -0.1) is 0 Å². The Bertz CT molecular complexity index is 999. The van der Waals surface area contributed by atoms with Crippen LogP contribution in [-0.4, -0.2) is 0 Å². The molecule has 0 bridgehead atoms. The standard InChI is InChI=1S/C20H14ClN2.C5H5.Fe/c21-17-12-10-15(11-13-17)19-14-22-23(18-8-2-1-3-9-18)20(19)16-6-4-5-7-16;1-2-4-5-3-1;/h1-14H;1-5H;/q2*-1;+2. The van der Waals surface area contributed by atoms with Crippen LogP contribution < -0.4 is 5.01 Å². The molecule has 0 N–H and O–H groups in total. The molecular formula is C25H19ClFeN2. The Hall–Kier alpha value is -2.84. The molecule has 144 valence electrons. The van der Waals surface area contributed by atoms with Crippen LogP contribution in [-0.2, 0) is 17.1 Å². The minimum atomic E-state index is 0. The summed E-state index contributed by atoms with van der Waals surface area (Å²) in [6, 6.07) is 28.0. The van der Waals surface area contributed by atoms with Crippen LogP contribution in [0.2, 0.25) is 5.02 Å².